The molecule has 0 saturated heterocycles. The molecule has 9 aromatic rings. The molecule has 0 aliphatic heterocycles. The fourth-order valence-corrected chi connectivity index (χ4v) is 7.49. The van der Waals surface area contributed by atoms with Gasteiger partial charge in [0.05, 0.1) is 0 Å². The summed E-state index contributed by atoms with van der Waals surface area (Å²) in [6, 6.07) is 66.5. The molecular weight excluding hydrogens is 553 g/mol. The molecular formula is C46H30. The van der Waals surface area contributed by atoms with Crippen molar-refractivity contribution in [3.63, 3.8) is 0 Å². The van der Waals surface area contributed by atoms with E-state index in [2.05, 4.69) is 182 Å². The Morgan fingerprint density at radius 1 is 0.196 bits per heavy atom. The molecule has 0 atom stereocenters. The molecule has 0 saturated carbocycles. The van der Waals surface area contributed by atoms with Gasteiger partial charge >= 0.3 is 0 Å². The molecule has 0 N–H and O–H groups in total. The van der Waals surface area contributed by atoms with Gasteiger partial charge in [-0.15, -0.1) is 0 Å². The van der Waals surface area contributed by atoms with Gasteiger partial charge in [-0.3, -0.25) is 0 Å². The smallest absolute Gasteiger partial charge is 0.00201 e. The summed E-state index contributed by atoms with van der Waals surface area (Å²) >= 11 is 0. The average molecular weight is 583 g/mol. The van der Waals surface area contributed by atoms with E-state index in [0.717, 1.165) is 0 Å². The fourth-order valence-electron chi connectivity index (χ4n) is 7.49. The first kappa shape index (κ1) is 26.4. The van der Waals surface area contributed by atoms with Crippen molar-refractivity contribution in [1.82, 2.24) is 0 Å². The summed E-state index contributed by atoms with van der Waals surface area (Å²) in [5, 5.41) is 10.2. The summed E-state index contributed by atoms with van der Waals surface area (Å²) < 4.78 is 0. The van der Waals surface area contributed by atoms with Gasteiger partial charge in [-0.2, -0.15) is 0 Å². The van der Waals surface area contributed by atoms with Gasteiger partial charge in [-0.25, -0.2) is 0 Å². The maximum absolute atomic E-state index is 2.31. The highest BCUT2D eigenvalue weighted by Crippen LogP contribution is 2.48. The van der Waals surface area contributed by atoms with Crippen LogP contribution in [0.15, 0.2) is 182 Å². The third-order valence-corrected chi connectivity index (χ3v) is 9.49. The zero-order valence-corrected chi connectivity index (χ0v) is 25.3. The maximum Gasteiger partial charge on any atom is -0.00201 e. The molecule has 0 radical (unpaired) electrons. The Labute approximate surface area is 268 Å². The average Bonchev–Trinajstić information content (AvgIpc) is 3.14. The van der Waals surface area contributed by atoms with Crippen molar-refractivity contribution in [3.8, 4) is 44.5 Å². The minimum atomic E-state index is 1.22. The SMILES string of the molecule is c1ccc(-c2ccccc2-c2ccccc2-c2c3ccccc3c(-c3cccc4c3ccc3ccccc34)c3ccccc23)cc1. The van der Waals surface area contributed by atoms with E-state index in [1.54, 1.807) is 0 Å². The summed E-state index contributed by atoms with van der Waals surface area (Å²) in [6.07, 6.45) is 0. The Bertz CT molecular complexity index is 2520. The molecule has 0 aliphatic rings. The molecule has 0 spiro atoms. The minimum absolute atomic E-state index is 1.22. The van der Waals surface area contributed by atoms with Gasteiger partial charge in [0, 0.05) is 0 Å². The Balaban J connectivity index is 1.38. The van der Waals surface area contributed by atoms with Crippen molar-refractivity contribution >= 4 is 43.1 Å². The lowest BCUT2D eigenvalue weighted by Gasteiger charge is -2.21. The largest absolute Gasteiger partial charge is 0.0622 e. The van der Waals surface area contributed by atoms with E-state index in [0.29, 0.717) is 0 Å². The summed E-state index contributed by atoms with van der Waals surface area (Å²) in [6.45, 7) is 0. The summed E-state index contributed by atoms with van der Waals surface area (Å²) in [5.74, 6) is 0. The van der Waals surface area contributed by atoms with Gasteiger partial charge in [0.15, 0.2) is 0 Å². The van der Waals surface area contributed by atoms with Crippen molar-refractivity contribution < 1.29 is 0 Å². The van der Waals surface area contributed by atoms with Crippen molar-refractivity contribution in [3.05, 3.63) is 182 Å². The Kier molecular flexibility index (Phi) is 6.25. The van der Waals surface area contributed by atoms with Crippen LogP contribution in [0.2, 0.25) is 0 Å². The zero-order chi connectivity index (χ0) is 30.5. The highest BCUT2D eigenvalue weighted by atomic mass is 14.2. The lowest BCUT2D eigenvalue weighted by Crippen LogP contribution is -1.94. The van der Waals surface area contributed by atoms with Gasteiger partial charge in [0.1, 0.15) is 0 Å². The monoisotopic (exact) mass is 582 g/mol. The van der Waals surface area contributed by atoms with Crippen molar-refractivity contribution in [2.24, 2.45) is 0 Å². The molecule has 9 aromatic carbocycles. The van der Waals surface area contributed by atoms with Gasteiger partial charge in [0.25, 0.3) is 0 Å². The lowest BCUT2D eigenvalue weighted by molar-refractivity contribution is 1.58. The molecule has 0 bridgehead atoms. The van der Waals surface area contributed by atoms with E-state index in [9.17, 15) is 0 Å². The second kappa shape index (κ2) is 10.9. The van der Waals surface area contributed by atoms with Crippen LogP contribution < -0.4 is 0 Å². The van der Waals surface area contributed by atoms with Crippen LogP contribution in [0.25, 0.3) is 87.6 Å². The second-order valence-electron chi connectivity index (χ2n) is 12.0. The first-order chi connectivity index (χ1) is 22.9. The molecule has 0 nitrogen and oxygen atoms in total. The first-order valence-corrected chi connectivity index (χ1v) is 16.0. The van der Waals surface area contributed by atoms with Gasteiger partial charge in [0.2, 0.25) is 0 Å². The highest BCUT2D eigenvalue weighted by Gasteiger charge is 2.20. The van der Waals surface area contributed by atoms with Gasteiger partial charge < -0.3 is 0 Å². The number of rotatable bonds is 4. The number of hydrogen-bond acceptors (Lipinski definition) is 0. The Morgan fingerprint density at radius 3 is 1.28 bits per heavy atom. The molecule has 0 aromatic heterocycles. The predicted molar refractivity (Wildman–Crippen MR) is 198 cm³/mol. The first-order valence-electron chi connectivity index (χ1n) is 16.0. The third-order valence-electron chi connectivity index (χ3n) is 9.49. The Hall–Kier alpha value is -5.98. The van der Waals surface area contributed by atoms with Crippen LogP contribution in [-0.4, -0.2) is 0 Å². The zero-order valence-electron chi connectivity index (χ0n) is 25.3. The van der Waals surface area contributed by atoms with E-state index < -0.39 is 0 Å². The van der Waals surface area contributed by atoms with Crippen LogP contribution in [0.3, 0.4) is 0 Å². The van der Waals surface area contributed by atoms with Crippen LogP contribution >= 0.6 is 0 Å². The maximum atomic E-state index is 2.31. The number of hydrogen-bond donors (Lipinski definition) is 0. The quantitative estimate of drug-likeness (QED) is 0.143. The van der Waals surface area contributed by atoms with Gasteiger partial charge in [-0.05, 0) is 87.6 Å². The van der Waals surface area contributed by atoms with E-state index in [-0.39, 0.29) is 0 Å². The van der Waals surface area contributed by atoms with Crippen LogP contribution in [0.1, 0.15) is 0 Å². The molecule has 9 rings (SSSR count). The fraction of sp³-hybridized carbons (Fsp3) is 0. The van der Waals surface area contributed by atoms with Crippen LogP contribution in [0, 0.1) is 0 Å². The minimum Gasteiger partial charge on any atom is -0.0622 e. The van der Waals surface area contributed by atoms with Crippen molar-refractivity contribution in [2.75, 3.05) is 0 Å². The topological polar surface area (TPSA) is 0 Å². The van der Waals surface area contributed by atoms with Crippen LogP contribution in [0.5, 0.6) is 0 Å². The molecule has 0 heteroatoms. The standard InChI is InChI=1S/C46H30/c1-2-15-31(16-3-1)33-19-6-7-20-35(33)37-21-8-9-22-39(37)45-41-23-10-12-25-43(41)46(44-26-13-11-24-42(44)45)40-28-14-27-36-34-18-5-4-17-32(34)29-30-38(36)40/h1-30H. The van der Waals surface area contributed by atoms with Crippen molar-refractivity contribution in [2.45, 2.75) is 0 Å². The van der Waals surface area contributed by atoms with E-state index in [1.165, 1.54) is 87.6 Å². The van der Waals surface area contributed by atoms with E-state index in [1.807, 2.05) is 0 Å². The van der Waals surface area contributed by atoms with Gasteiger partial charge in [-0.1, -0.05) is 182 Å². The van der Waals surface area contributed by atoms with Crippen molar-refractivity contribution in [1.29, 1.82) is 0 Å². The molecule has 214 valence electrons. The third kappa shape index (κ3) is 4.15. The Morgan fingerprint density at radius 2 is 0.630 bits per heavy atom. The normalized spacial score (nSPS) is 11.5. The molecule has 0 amide bonds. The number of benzene rings is 9. The van der Waals surface area contributed by atoms with E-state index >= 15 is 0 Å². The second-order valence-corrected chi connectivity index (χ2v) is 12.0. The molecule has 0 heterocycles. The summed E-state index contributed by atoms with van der Waals surface area (Å²) in [5.41, 5.74) is 10.0. The molecule has 0 unspecified atom stereocenters. The molecule has 0 fully saturated rings. The molecule has 0 aliphatic carbocycles. The molecule has 46 heavy (non-hydrogen) atoms. The number of fused-ring (bicyclic) bond motifs is 5. The summed E-state index contributed by atoms with van der Waals surface area (Å²) in [4.78, 5) is 0. The van der Waals surface area contributed by atoms with E-state index in [4.69, 9.17) is 0 Å². The predicted octanol–water partition coefficient (Wildman–Crippen LogP) is 13.0. The van der Waals surface area contributed by atoms with Crippen LogP contribution in [0.4, 0.5) is 0 Å². The lowest BCUT2D eigenvalue weighted by atomic mass is 9.82. The van der Waals surface area contributed by atoms with Crippen LogP contribution in [-0.2, 0) is 0 Å². The summed E-state index contributed by atoms with van der Waals surface area (Å²) in [7, 11) is 0. The highest BCUT2D eigenvalue weighted by molar-refractivity contribution is 6.25.